The lowest BCUT2D eigenvalue weighted by molar-refractivity contribution is 0.782. The summed E-state index contributed by atoms with van der Waals surface area (Å²) in [6, 6.07) is 23.1. The number of hydrogen-bond acceptors (Lipinski definition) is 5. The van der Waals surface area contributed by atoms with Crippen LogP contribution in [0.1, 0.15) is 11.4 Å². The third kappa shape index (κ3) is 4.05. The first-order valence-electron chi connectivity index (χ1n) is 10.4. The van der Waals surface area contributed by atoms with Gasteiger partial charge in [-0.2, -0.15) is 0 Å². The molecule has 8 heteroatoms. The van der Waals surface area contributed by atoms with E-state index in [2.05, 4.69) is 23.2 Å². The van der Waals surface area contributed by atoms with Gasteiger partial charge in [0.25, 0.3) is 5.56 Å². The second-order valence-corrected chi connectivity index (χ2v) is 9.01. The van der Waals surface area contributed by atoms with E-state index in [4.69, 9.17) is 16.6 Å². The van der Waals surface area contributed by atoms with Gasteiger partial charge >= 0.3 is 0 Å². The molecular weight excluding hydrogens is 454 g/mol. The van der Waals surface area contributed by atoms with Crippen molar-refractivity contribution >= 4 is 34.3 Å². The summed E-state index contributed by atoms with van der Waals surface area (Å²) in [6.07, 6.45) is 0. The maximum atomic E-state index is 12.8. The quantitative estimate of drug-likeness (QED) is 0.318. The van der Waals surface area contributed by atoms with E-state index in [1.54, 1.807) is 17.7 Å². The Hall–Kier alpha value is -3.42. The van der Waals surface area contributed by atoms with Crippen molar-refractivity contribution in [2.75, 3.05) is 0 Å². The molecule has 0 unspecified atom stereocenters. The van der Waals surface area contributed by atoms with Crippen molar-refractivity contribution in [1.82, 2.24) is 24.3 Å². The van der Waals surface area contributed by atoms with Crippen molar-refractivity contribution in [3.05, 3.63) is 99.6 Å². The monoisotopic (exact) mass is 473 g/mol. The highest BCUT2D eigenvalue weighted by Gasteiger charge is 2.18. The summed E-state index contributed by atoms with van der Waals surface area (Å²) >= 11 is 7.59. The molecule has 0 amide bonds. The molecule has 5 aromatic rings. The number of fused-ring (bicyclic) bond motifs is 1. The number of thioether (sulfide) groups is 1. The van der Waals surface area contributed by atoms with Crippen LogP contribution < -0.4 is 5.56 Å². The first-order valence-corrected chi connectivity index (χ1v) is 11.7. The zero-order valence-electron chi connectivity index (χ0n) is 18.1. The second-order valence-electron chi connectivity index (χ2n) is 7.63. The van der Waals surface area contributed by atoms with Gasteiger partial charge in [0.15, 0.2) is 11.0 Å². The first kappa shape index (κ1) is 21.4. The van der Waals surface area contributed by atoms with Crippen LogP contribution in [0, 0.1) is 6.92 Å². The van der Waals surface area contributed by atoms with Crippen molar-refractivity contribution in [2.45, 2.75) is 17.8 Å². The number of nitrogens with zero attached hydrogens (tertiary/aromatic N) is 5. The van der Waals surface area contributed by atoms with E-state index in [1.807, 2.05) is 65.2 Å². The van der Waals surface area contributed by atoms with Gasteiger partial charge in [-0.25, -0.2) is 4.98 Å². The molecule has 0 fully saturated rings. The molecule has 0 bridgehead atoms. The highest BCUT2D eigenvalue weighted by atomic mass is 35.5. The Labute approximate surface area is 199 Å². The number of benzene rings is 3. The number of rotatable bonds is 5. The molecular formula is C25H20ClN5OS. The highest BCUT2D eigenvalue weighted by molar-refractivity contribution is 7.98. The fourth-order valence-corrected chi connectivity index (χ4v) is 4.76. The van der Waals surface area contributed by atoms with Crippen LogP contribution in [0.4, 0.5) is 0 Å². The smallest absolute Gasteiger partial charge is 0.261 e. The van der Waals surface area contributed by atoms with Crippen molar-refractivity contribution in [1.29, 1.82) is 0 Å². The Balaban J connectivity index is 1.57. The molecule has 6 nitrogen and oxygen atoms in total. The van der Waals surface area contributed by atoms with Gasteiger partial charge in [0.1, 0.15) is 5.82 Å². The van der Waals surface area contributed by atoms with Gasteiger partial charge in [-0.3, -0.25) is 13.9 Å². The van der Waals surface area contributed by atoms with E-state index in [0.717, 1.165) is 27.8 Å². The predicted molar refractivity (Wildman–Crippen MR) is 133 cm³/mol. The summed E-state index contributed by atoms with van der Waals surface area (Å²) in [5.41, 5.74) is 3.65. The Bertz CT molecular complexity index is 1520. The average Bonchev–Trinajstić information content (AvgIpc) is 3.25. The van der Waals surface area contributed by atoms with Crippen molar-refractivity contribution < 1.29 is 0 Å². The lowest BCUT2D eigenvalue weighted by Gasteiger charge is -2.13. The van der Waals surface area contributed by atoms with Crippen LogP contribution in [0.15, 0.2) is 82.7 Å². The van der Waals surface area contributed by atoms with E-state index in [9.17, 15) is 4.79 Å². The minimum Gasteiger partial charge on any atom is -0.299 e. The maximum Gasteiger partial charge on any atom is 0.261 e. The largest absolute Gasteiger partial charge is 0.299 e. The fourth-order valence-electron chi connectivity index (χ4n) is 3.70. The maximum absolute atomic E-state index is 12.8. The highest BCUT2D eigenvalue weighted by Crippen LogP contribution is 2.31. The van der Waals surface area contributed by atoms with Crippen LogP contribution in [0.25, 0.3) is 28.0 Å². The van der Waals surface area contributed by atoms with E-state index in [0.29, 0.717) is 27.5 Å². The van der Waals surface area contributed by atoms with Crippen molar-refractivity contribution in [2.24, 2.45) is 7.05 Å². The first-order chi connectivity index (χ1) is 16.0. The SMILES string of the molecule is Cc1ccccc1-n1c(SCc2nc3ccccc3c(=O)n2C)nnc1-c1ccc(Cl)cc1. The summed E-state index contributed by atoms with van der Waals surface area (Å²) in [4.78, 5) is 17.5. The Morgan fingerprint density at radius 3 is 2.45 bits per heavy atom. The van der Waals surface area contributed by atoms with Crippen LogP contribution in [-0.2, 0) is 12.8 Å². The van der Waals surface area contributed by atoms with Gasteiger partial charge in [-0.05, 0) is 55.0 Å². The zero-order chi connectivity index (χ0) is 22.9. The molecule has 2 aromatic heterocycles. The van der Waals surface area contributed by atoms with Crippen LogP contribution in [0.2, 0.25) is 5.02 Å². The number of hydrogen-bond donors (Lipinski definition) is 0. The predicted octanol–water partition coefficient (Wildman–Crippen LogP) is 5.44. The van der Waals surface area contributed by atoms with Crippen LogP contribution in [0.5, 0.6) is 0 Å². The van der Waals surface area contributed by atoms with Gasteiger partial charge < -0.3 is 0 Å². The molecule has 3 aromatic carbocycles. The van der Waals surface area contributed by atoms with Crippen molar-refractivity contribution in [3.8, 4) is 17.1 Å². The molecule has 0 aliphatic heterocycles. The van der Waals surface area contributed by atoms with Gasteiger partial charge in [-0.1, -0.05) is 53.7 Å². The molecule has 2 heterocycles. The molecule has 0 aliphatic carbocycles. The van der Waals surface area contributed by atoms with E-state index in [1.165, 1.54) is 11.8 Å². The Morgan fingerprint density at radius 1 is 0.939 bits per heavy atom. The van der Waals surface area contributed by atoms with Gasteiger partial charge in [0, 0.05) is 17.6 Å². The average molecular weight is 474 g/mol. The third-order valence-corrected chi connectivity index (χ3v) is 6.68. The number of halogens is 1. The normalized spacial score (nSPS) is 11.2. The van der Waals surface area contributed by atoms with Crippen LogP contribution in [0.3, 0.4) is 0 Å². The summed E-state index contributed by atoms with van der Waals surface area (Å²) in [5, 5.41) is 11.0. The molecule has 0 N–H and O–H groups in total. The molecule has 0 saturated carbocycles. The molecule has 0 spiro atoms. The Kier molecular flexibility index (Phi) is 5.74. The summed E-state index contributed by atoms with van der Waals surface area (Å²) < 4.78 is 3.65. The summed E-state index contributed by atoms with van der Waals surface area (Å²) in [5.74, 6) is 1.88. The van der Waals surface area contributed by atoms with E-state index >= 15 is 0 Å². The lowest BCUT2D eigenvalue weighted by atomic mass is 10.1. The zero-order valence-corrected chi connectivity index (χ0v) is 19.6. The molecule has 0 radical (unpaired) electrons. The van der Waals surface area contributed by atoms with E-state index < -0.39 is 0 Å². The fraction of sp³-hybridized carbons (Fsp3) is 0.120. The number of aryl methyl sites for hydroxylation is 1. The van der Waals surface area contributed by atoms with Crippen LogP contribution >= 0.6 is 23.4 Å². The third-order valence-electron chi connectivity index (χ3n) is 5.50. The molecule has 164 valence electrons. The lowest BCUT2D eigenvalue weighted by Crippen LogP contribution is -2.22. The molecule has 0 atom stereocenters. The van der Waals surface area contributed by atoms with E-state index in [-0.39, 0.29) is 5.56 Å². The summed E-state index contributed by atoms with van der Waals surface area (Å²) in [6.45, 7) is 2.06. The standard InChI is InChI=1S/C25H20ClN5OS/c1-16-7-3-6-10-21(16)31-23(17-11-13-18(26)14-12-17)28-29-25(31)33-15-22-27-20-9-5-4-8-19(20)24(32)30(22)2/h3-14H,15H2,1-2H3. The molecule has 0 aliphatic rings. The molecule has 0 saturated heterocycles. The topological polar surface area (TPSA) is 65.6 Å². The van der Waals surface area contributed by atoms with Crippen LogP contribution in [-0.4, -0.2) is 24.3 Å². The minimum atomic E-state index is -0.0570. The Morgan fingerprint density at radius 2 is 1.67 bits per heavy atom. The van der Waals surface area contributed by atoms with Gasteiger partial charge in [-0.15, -0.1) is 10.2 Å². The second kappa shape index (κ2) is 8.84. The minimum absolute atomic E-state index is 0.0570. The molecule has 5 rings (SSSR count). The number of para-hydroxylation sites is 2. The van der Waals surface area contributed by atoms with Crippen molar-refractivity contribution in [3.63, 3.8) is 0 Å². The van der Waals surface area contributed by atoms with Gasteiger partial charge in [0.05, 0.1) is 22.3 Å². The van der Waals surface area contributed by atoms with Gasteiger partial charge in [0.2, 0.25) is 0 Å². The summed E-state index contributed by atoms with van der Waals surface area (Å²) in [7, 11) is 1.75. The number of aromatic nitrogens is 5. The molecule has 33 heavy (non-hydrogen) atoms.